The summed E-state index contributed by atoms with van der Waals surface area (Å²) in [4.78, 5) is 25.0. The summed E-state index contributed by atoms with van der Waals surface area (Å²) in [6.45, 7) is 1.37. The molecule has 32 heavy (non-hydrogen) atoms. The SMILES string of the molecule is [2H]C([2H])(OS(=O)(=O)c1ccc(C)cc1)[C@]12CCC(=O)C=C1CC[C@H]1[C@@H]3CCC(=O)[C@@]3(C)CC[C@@H]12. The van der Waals surface area contributed by atoms with Crippen molar-refractivity contribution in [3.63, 3.8) is 0 Å². The van der Waals surface area contributed by atoms with Gasteiger partial charge in [0.15, 0.2) is 5.78 Å². The minimum Gasteiger partial charge on any atom is -0.299 e. The molecule has 172 valence electrons. The van der Waals surface area contributed by atoms with Crippen LogP contribution in [0, 0.1) is 35.5 Å². The average Bonchev–Trinajstić information content (AvgIpc) is 3.07. The smallest absolute Gasteiger partial charge is 0.297 e. The number of carbonyl (C=O) groups is 2. The molecule has 0 saturated heterocycles. The van der Waals surface area contributed by atoms with Gasteiger partial charge in [-0.25, -0.2) is 0 Å². The Labute approximate surface area is 193 Å². The van der Waals surface area contributed by atoms with Crippen LogP contribution >= 0.6 is 0 Å². The molecule has 4 aliphatic rings. The molecule has 6 heteroatoms. The van der Waals surface area contributed by atoms with Crippen molar-refractivity contribution in [2.24, 2.45) is 28.6 Å². The van der Waals surface area contributed by atoms with Gasteiger partial charge in [-0.15, -0.1) is 0 Å². The van der Waals surface area contributed by atoms with Crippen molar-refractivity contribution in [2.75, 3.05) is 6.56 Å². The van der Waals surface area contributed by atoms with Crippen LogP contribution in [0.1, 0.15) is 66.6 Å². The molecule has 0 N–H and O–H groups in total. The lowest BCUT2D eigenvalue weighted by atomic mass is 9.47. The van der Waals surface area contributed by atoms with E-state index < -0.39 is 22.1 Å². The molecule has 0 aliphatic heterocycles. The second kappa shape index (κ2) is 7.63. The zero-order valence-electron chi connectivity index (χ0n) is 20.7. The molecule has 3 fully saturated rings. The van der Waals surface area contributed by atoms with Gasteiger partial charge in [0, 0.05) is 23.7 Å². The molecule has 0 amide bonds. The standard InChI is InChI=1S/C26H32O5S/c1-17-3-6-20(7-4-17)32(29,30)31-16-26-14-11-19(27)15-18(26)5-8-21-22-9-10-24(28)25(22,2)13-12-23(21)26/h3-4,6-7,15,21-23H,5,8-14,16H2,1-2H3/t21-,22-,23-,25-,26+/m0/s1/i16D2. The highest BCUT2D eigenvalue weighted by Gasteiger charge is 2.60. The molecule has 5 nitrogen and oxygen atoms in total. The Morgan fingerprint density at radius 1 is 1.03 bits per heavy atom. The van der Waals surface area contributed by atoms with Crippen LogP contribution in [0.5, 0.6) is 0 Å². The van der Waals surface area contributed by atoms with E-state index in [4.69, 9.17) is 6.92 Å². The maximum atomic E-state index is 13.2. The summed E-state index contributed by atoms with van der Waals surface area (Å²) in [5, 5.41) is 0. The van der Waals surface area contributed by atoms with Crippen molar-refractivity contribution < 1.29 is 24.9 Å². The van der Waals surface area contributed by atoms with Crippen LogP contribution in [0.4, 0.5) is 0 Å². The van der Waals surface area contributed by atoms with Crippen LogP contribution in [0.15, 0.2) is 40.8 Å². The number of carbonyl (C=O) groups excluding carboxylic acids is 2. The summed E-state index contributed by atoms with van der Waals surface area (Å²) in [7, 11) is -4.37. The molecular formula is C26H32O5S. The van der Waals surface area contributed by atoms with Crippen molar-refractivity contribution >= 4 is 21.7 Å². The Bertz CT molecular complexity index is 1170. The zero-order valence-corrected chi connectivity index (χ0v) is 19.5. The van der Waals surface area contributed by atoms with E-state index in [2.05, 4.69) is 6.92 Å². The van der Waals surface area contributed by atoms with Gasteiger partial charge in [0.05, 0.1) is 14.2 Å². The average molecular weight is 459 g/mol. The molecule has 0 spiro atoms. The number of rotatable bonds is 4. The fraction of sp³-hybridized carbons (Fsp3) is 0.615. The number of hydrogen-bond acceptors (Lipinski definition) is 5. The van der Waals surface area contributed by atoms with Crippen LogP contribution in [-0.2, 0) is 23.9 Å². The van der Waals surface area contributed by atoms with Crippen molar-refractivity contribution in [1.29, 1.82) is 0 Å². The lowest BCUT2D eigenvalue weighted by molar-refractivity contribution is -0.133. The van der Waals surface area contributed by atoms with Crippen molar-refractivity contribution in [3.8, 4) is 0 Å². The predicted octanol–water partition coefficient (Wildman–Crippen LogP) is 4.78. The first kappa shape index (κ1) is 19.7. The molecule has 1 aromatic rings. The van der Waals surface area contributed by atoms with E-state index in [1.54, 1.807) is 18.2 Å². The largest absolute Gasteiger partial charge is 0.299 e. The number of Topliss-reactive ketones (excluding diaryl/α,β-unsaturated/α-hetero) is 1. The topological polar surface area (TPSA) is 77.5 Å². The van der Waals surface area contributed by atoms with Gasteiger partial charge < -0.3 is 0 Å². The van der Waals surface area contributed by atoms with Gasteiger partial charge >= 0.3 is 0 Å². The normalized spacial score (nSPS) is 38.2. The monoisotopic (exact) mass is 458 g/mol. The molecule has 0 radical (unpaired) electrons. The molecule has 1 aromatic carbocycles. The minimum absolute atomic E-state index is 0.0436. The first-order chi connectivity index (χ1) is 15.9. The van der Waals surface area contributed by atoms with Crippen molar-refractivity contribution in [1.82, 2.24) is 0 Å². The van der Waals surface area contributed by atoms with Crippen LogP contribution < -0.4 is 0 Å². The van der Waals surface area contributed by atoms with E-state index in [9.17, 15) is 18.0 Å². The fourth-order valence-electron chi connectivity index (χ4n) is 7.06. The number of aryl methyl sites for hydroxylation is 1. The van der Waals surface area contributed by atoms with Crippen LogP contribution in [0.2, 0.25) is 0 Å². The number of hydrogen-bond donors (Lipinski definition) is 0. The van der Waals surface area contributed by atoms with Crippen LogP contribution in [-0.4, -0.2) is 26.5 Å². The zero-order chi connectivity index (χ0) is 24.5. The lowest BCUT2D eigenvalue weighted by Crippen LogP contribution is -2.53. The van der Waals surface area contributed by atoms with E-state index in [0.717, 1.165) is 18.4 Å². The summed E-state index contributed by atoms with van der Waals surface area (Å²) in [6.07, 6.45) is 5.92. The van der Waals surface area contributed by atoms with Crippen LogP contribution in [0.25, 0.3) is 0 Å². The van der Waals surface area contributed by atoms with Crippen LogP contribution in [0.3, 0.4) is 0 Å². The summed E-state index contributed by atoms with van der Waals surface area (Å²) < 4.78 is 50.0. The highest BCUT2D eigenvalue weighted by molar-refractivity contribution is 7.86. The summed E-state index contributed by atoms with van der Waals surface area (Å²) in [5.41, 5.74) is -0.00504. The van der Waals surface area contributed by atoms with E-state index in [-0.39, 0.29) is 46.7 Å². The maximum Gasteiger partial charge on any atom is 0.297 e. The predicted molar refractivity (Wildman–Crippen MR) is 120 cm³/mol. The molecule has 0 heterocycles. The molecule has 4 aliphatic carbocycles. The Kier molecular flexibility index (Phi) is 4.68. The third-order valence-electron chi connectivity index (χ3n) is 8.84. The number of benzene rings is 1. The van der Waals surface area contributed by atoms with Gasteiger partial charge in [0.1, 0.15) is 5.78 Å². The molecule has 5 rings (SSSR count). The van der Waals surface area contributed by atoms with Gasteiger partial charge in [0.25, 0.3) is 10.1 Å². The summed E-state index contributed by atoms with van der Waals surface area (Å²) in [6, 6.07) is 6.17. The van der Waals surface area contributed by atoms with E-state index in [0.29, 0.717) is 37.0 Å². The third kappa shape index (κ3) is 3.33. The second-order valence-corrected chi connectivity index (χ2v) is 11.9. The van der Waals surface area contributed by atoms with E-state index in [1.165, 1.54) is 12.1 Å². The molecular weight excluding hydrogens is 424 g/mol. The van der Waals surface area contributed by atoms with E-state index in [1.807, 2.05) is 6.92 Å². The highest BCUT2D eigenvalue weighted by atomic mass is 32.2. The van der Waals surface area contributed by atoms with Crippen molar-refractivity contribution in [2.45, 2.75) is 70.1 Å². The Balaban J connectivity index is 1.57. The Hall–Kier alpha value is -1.79. The van der Waals surface area contributed by atoms with Crippen molar-refractivity contribution in [3.05, 3.63) is 41.5 Å². The van der Waals surface area contributed by atoms with Gasteiger partial charge in [-0.05, 0) is 81.4 Å². The van der Waals surface area contributed by atoms with E-state index >= 15 is 0 Å². The lowest BCUT2D eigenvalue weighted by Gasteiger charge is -2.57. The first-order valence-corrected chi connectivity index (χ1v) is 13.1. The Morgan fingerprint density at radius 3 is 2.53 bits per heavy atom. The van der Waals surface area contributed by atoms with Gasteiger partial charge in [0.2, 0.25) is 0 Å². The molecule has 0 aromatic heterocycles. The molecule has 5 atom stereocenters. The quantitative estimate of drug-likeness (QED) is 0.607. The number of fused-ring (bicyclic) bond motifs is 5. The molecule has 3 saturated carbocycles. The first-order valence-electron chi connectivity index (χ1n) is 12.7. The second-order valence-electron chi connectivity index (χ2n) is 10.4. The summed E-state index contributed by atoms with van der Waals surface area (Å²) >= 11 is 0. The van der Waals surface area contributed by atoms with Gasteiger partial charge in [-0.3, -0.25) is 13.8 Å². The van der Waals surface area contributed by atoms with Gasteiger partial charge in [-0.2, -0.15) is 8.42 Å². The van der Waals surface area contributed by atoms with Gasteiger partial charge in [-0.1, -0.05) is 30.2 Å². The molecule has 0 unspecified atom stereocenters. The summed E-state index contributed by atoms with van der Waals surface area (Å²) in [5.74, 6) is 0.354. The highest BCUT2D eigenvalue weighted by Crippen LogP contribution is 2.64. The number of ketones is 2. The minimum atomic E-state index is -4.37. The maximum absolute atomic E-state index is 13.2. The fourth-order valence-corrected chi connectivity index (χ4v) is 7.89. The molecule has 0 bridgehead atoms. The Morgan fingerprint density at radius 2 is 1.78 bits per heavy atom. The third-order valence-corrected chi connectivity index (χ3v) is 10.00.